The molecule has 8 nitrogen and oxygen atoms in total. The van der Waals surface area contributed by atoms with Gasteiger partial charge < -0.3 is 18.9 Å². The molecule has 0 aromatic heterocycles. The van der Waals surface area contributed by atoms with Crippen LogP contribution in [0.5, 0.6) is 0 Å². The Morgan fingerprint density at radius 1 is 0.849 bits per heavy atom. The van der Waals surface area contributed by atoms with Gasteiger partial charge in [-0.25, -0.2) is 9.36 Å². The zero-order valence-corrected chi connectivity index (χ0v) is 36.3. The lowest BCUT2D eigenvalue weighted by molar-refractivity contribution is -0.870. The summed E-state index contributed by atoms with van der Waals surface area (Å²) >= 11 is 0. The minimum Gasteiger partial charge on any atom is -0.454 e. The molecule has 0 spiro atoms. The maximum atomic E-state index is 12.9. The number of hydrogen-bond acceptors (Lipinski definition) is 6. The van der Waals surface area contributed by atoms with E-state index in [2.05, 4.69) is 46.8 Å². The Hall–Kier alpha value is -1.80. The number of likely N-dealkylation sites (N-methyl/N-ethyl adjacent to an activating group) is 1. The molecule has 0 aromatic rings. The monoisotopic (exact) mass is 765 g/mol. The lowest BCUT2D eigenvalue weighted by Gasteiger charge is -2.32. The molecule has 0 fully saturated rings. The molecule has 53 heavy (non-hydrogen) atoms. The Bertz CT molecular complexity index is 1220. The number of quaternary nitrogens is 1. The first-order chi connectivity index (χ1) is 25.0. The maximum absolute atomic E-state index is 12.9. The Labute approximate surface area is 325 Å². The van der Waals surface area contributed by atoms with Crippen molar-refractivity contribution < 1.29 is 37.3 Å². The third-order valence-electron chi connectivity index (χ3n) is 9.79. The summed E-state index contributed by atoms with van der Waals surface area (Å²) in [4.78, 5) is 23.1. The van der Waals surface area contributed by atoms with E-state index in [9.17, 15) is 14.3 Å². The molecular formula is C44H79NO7P+. The number of unbranched alkanes of at least 4 members (excludes halogenated alkanes) is 13. The van der Waals surface area contributed by atoms with Crippen LogP contribution in [-0.2, 0) is 27.9 Å². The van der Waals surface area contributed by atoms with Crippen LogP contribution in [0.25, 0.3) is 0 Å². The van der Waals surface area contributed by atoms with Gasteiger partial charge in [-0.15, -0.1) is 0 Å². The third kappa shape index (κ3) is 26.6. The van der Waals surface area contributed by atoms with Gasteiger partial charge in [0.2, 0.25) is 0 Å². The molecule has 0 saturated carbocycles. The van der Waals surface area contributed by atoms with E-state index in [0.29, 0.717) is 17.6 Å². The number of ether oxygens (including phenoxy) is 2. The van der Waals surface area contributed by atoms with Crippen LogP contribution < -0.4 is 0 Å². The highest BCUT2D eigenvalue weighted by atomic mass is 31.2. The molecule has 0 bridgehead atoms. The number of phosphoric ester groups is 1. The van der Waals surface area contributed by atoms with Crippen molar-refractivity contribution in [2.45, 2.75) is 157 Å². The van der Waals surface area contributed by atoms with E-state index in [1.165, 1.54) is 107 Å². The number of nitrogens with zero attached hydrogens (tertiary/aromatic N) is 1. The third-order valence-corrected chi connectivity index (χ3v) is 10.8. The van der Waals surface area contributed by atoms with Gasteiger partial charge in [-0.2, -0.15) is 0 Å². The first-order valence-corrected chi connectivity index (χ1v) is 22.2. The topological polar surface area (TPSA) is 91.3 Å². The highest BCUT2D eigenvalue weighted by Gasteiger charge is 2.27. The van der Waals surface area contributed by atoms with Gasteiger partial charge in [0.15, 0.2) is 0 Å². The number of carbonyl (C=O) groups is 1. The number of carbonyl (C=O) groups excluding carboxylic acids is 1. The maximum Gasteiger partial charge on any atom is 0.472 e. The second kappa shape index (κ2) is 27.7. The van der Waals surface area contributed by atoms with Gasteiger partial charge in [-0.3, -0.25) is 9.05 Å². The number of esters is 1. The molecule has 2 atom stereocenters. The molecule has 0 aromatic carbocycles. The molecule has 1 aliphatic rings. The summed E-state index contributed by atoms with van der Waals surface area (Å²) in [7, 11) is 1.57. The summed E-state index contributed by atoms with van der Waals surface area (Å²) in [5.74, 6) is -0.567. The van der Waals surface area contributed by atoms with Crippen molar-refractivity contribution in [2.24, 2.45) is 5.41 Å². The van der Waals surface area contributed by atoms with Crippen LogP contribution >= 0.6 is 7.82 Å². The Kier molecular flexibility index (Phi) is 25.8. The molecule has 306 valence electrons. The van der Waals surface area contributed by atoms with Crippen molar-refractivity contribution in [3.8, 4) is 0 Å². The van der Waals surface area contributed by atoms with Gasteiger partial charge in [0.05, 0.1) is 34.4 Å². The molecule has 0 heterocycles. The highest BCUT2D eigenvalue weighted by Crippen LogP contribution is 2.43. The quantitative estimate of drug-likeness (QED) is 0.0194. The number of phosphoric acid groups is 1. The predicted octanol–water partition coefficient (Wildman–Crippen LogP) is 11.8. The van der Waals surface area contributed by atoms with Crippen LogP contribution in [0.1, 0.15) is 151 Å². The normalized spacial score (nSPS) is 17.5. The van der Waals surface area contributed by atoms with Crippen LogP contribution in [0.2, 0.25) is 0 Å². The van der Waals surface area contributed by atoms with E-state index in [0.717, 1.165) is 30.4 Å². The number of allylic oxidation sites excluding steroid dienone is 9. The van der Waals surface area contributed by atoms with Crippen LogP contribution in [0.15, 0.2) is 58.7 Å². The average molecular weight is 765 g/mol. The smallest absolute Gasteiger partial charge is 0.454 e. The highest BCUT2D eigenvalue weighted by molar-refractivity contribution is 7.47. The fourth-order valence-electron chi connectivity index (χ4n) is 6.44. The second-order valence-electron chi connectivity index (χ2n) is 16.8. The second-order valence-corrected chi connectivity index (χ2v) is 18.2. The zero-order valence-electron chi connectivity index (χ0n) is 35.4. The predicted molar refractivity (Wildman–Crippen MR) is 222 cm³/mol. The summed E-state index contributed by atoms with van der Waals surface area (Å²) < 4.78 is 35.0. The summed E-state index contributed by atoms with van der Waals surface area (Å²) in [6.45, 7) is 13.9. The fourth-order valence-corrected chi connectivity index (χ4v) is 7.18. The zero-order chi connectivity index (χ0) is 39.6. The van der Waals surface area contributed by atoms with E-state index in [1.54, 1.807) is 0 Å². The van der Waals surface area contributed by atoms with Gasteiger partial charge in [0, 0.05) is 12.7 Å². The molecule has 1 N–H and O–H groups in total. The molecule has 1 unspecified atom stereocenters. The average Bonchev–Trinajstić information content (AvgIpc) is 3.05. The first kappa shape index (κ1) is 49.2. The van der Waals surface area contributed by atoms with Crippen molar-refractivity contribution in [1.29, 1.82) is 0 Å². The standard InChI is InChI=1S/C44H78NO7P/c1-10-11-12-13-14-15-16-17-18-19-20-21-22-23-33-49-36-41(37-51-53(47,48)50-34-32-45(7,8)9)52-43(46)35-39(3)27-24-26-38(2)29-30-42-40(4)28-25-31-44(42,5)6/h24,26-27,29-30,35,41H,10-23,25,28,31-34,36-37H2,1-9H3/p+1/b27-24+,30-29+,38-26+,39-35-/t41-/m1/s1. The largest absolute Gasteiger partial charge is 0.472 e. The molecule has 0 radical (unpaired) electrons. The van der Waals surface area contributed by atoms with Gasteiger partial charge in [-0.1, -0.05) is 146 Å². The number of rotatable bonds is 30. The Morgan fingerprint density at radius 3 is 2.00 bits per heavy atom. The molecule has 1 rings (SSSR count). The Balaban J connectivity index is 2.59. The minimum atomic E-state index is -4.33. The first-order valence-electron chi connectivity index (χ1n) is 20.7. The van der Waals surface area contributed by atoms with Crippen LogP contribution in [0, 0.1) is 5.41 Å². The molecule has 0 aliphatic heterocycles. The van der Waals surface area contributed by atoms with E-state index in [4.69, 9.17) is 18.5 Å². The van der Waals surface area contributed by atoms with Gasteiger partial charge in [0.1, 0.15) is 19.3 Å². The SMILES string of the molecule is CCCCCCCCCCCCCCCCOC[C@H](COP(=O)(O)OCC[N+](C)(C)C)OC(=O)\C=C(C)/C=C/C=C(C)/C=C/C1=C(C)CCCC1(C)C. The fraction of sp³-hybridized carbons (Fsp3) is 0.750. The van der Waals surface area contributed by atoms with Crippen molar-refractivity contribution in [3.63, 3.8) is 0 Å². The summed E-state index contributed by atoms with van der Waals surface area (Å²) in [6, 6.07) is 0. The number of hydrogen-bond donors (Lipinski definition) is 1. The van der Waals surface area contributed by atoms with Crippen molar-refractivity contribution >= 4 is 13.8 Å². The molecular weight excluding hydrogens is 685 g/mol. The van der Waals surface area contributed by atoms with E-state index in [1.807, 2.05) is 46.3 Å². The van der Waals surface area contributed by atoms with E-state index in [-0.39, 0.29) is 25.2 Å². The summed E-state index contributed by atoms with van der Waals surface area (Å²) in [5.41, 5.74) is 4.92. The van der Waals surface area contributed by atoms with Crippen LogP contribution in [0.3, 0.4) is 0 Å². The molecule has 9 heteroatoms. The van der Waals surface area contributed by atoms with Gasteiger partial charge in [0.25, 0.3) is 0 Å². The van der Waals surface area contributed by atoms with Crippen LogP contribution in [-0.4, -0.2) is 75.6 Å². The Morgan fingerprint density at radius 2 is 1.43 bits per heavy atom. The molecule has 0 amide bonds. The lowest BCUT2D eigenvalue weighted by Crippen LogP contribution is -2.37. The van der Waals surface area contributed by atoms with E-state index >= 15 is 0 Å². The lowest BCUT2D eigenvalue weighted by atomic mass is 9.72. The summed E-state index contributed by atoms with van der Waals surface area (Å²) in [6.07, 6.45) is 32.3. The molecule has 1 aliphatic carbocycles. The summed E-state index contributed by atoms with van der Waals surface area (Å²) in [5, 5.41) is 0. The minimum absolute atomic E-state index is 0.0603. The van der Waals surface area contributed by atoms with Crippen molar-refractivity contribution in [1.82, 2.24) is 0 Å². The molecule has 0 saturated heterocycles. The van der Waals surface area contributed by atoms with Crippen molar-refractivity contribution in [2.75, 3.05) is 54.1 Å². The van der Waals surface area contributed by atoms with Crippen molar-refractivity contribution in [3.05, 3.63) is 58.7 Å². The van der Waals surface area contributed by atoms with Crippen LogP contribution in [0.4, 0.5) is 0 Å². The van der Waals surface area contributed by atoms with Gasteiger partial charge in [-0.05, 0) is 63.0 Å². The van der Waals surface area contributed by atoms with E-state index < -0.39 is 19.9 Å². The van der Waals surface area contributed by atoms with Gasteiger partial charge >= 0.3 is 13.8 Å².